The van der Waals surface area contributed by atoms with Crippen LogP contribution in [0.25, 0.3) is 10.9 Å². The maximum atomic E-state index is 13.0. The summed E-state index contributed by atoms with van der Waals surface area (Å²) < 4.78 is 1.89. The molecule has 0 saturated heterocycles. The van der Waals surface area contributed by atoms with Crippen molar-refractivity contribution in [2.45, 2.75) is 53.1 Å². The van der Waals surface area contributed by atoms with E-state index in [-0.39, 0.29) is 11.0 Å². The minimum Gasteiger partial charge on any atom is -0.313 e. The van der Waals surface area contributed by atoms with E-state index in [2.05, 4.69) is 50.4 Å². The summed E-state index contributed by atoms with van der Waals surface area (Å²) in [6, 6.07) is 18.1. The van der Waals surface area contributed by atoms with Crippen molar-refractivity contribution in [2.75, 3.05) is 6.54 Å². The summed E-state index contributed by atoms with van der Waals surface area (Å²) in [7, 11) is 0. The molecule has 0 bridgehead atoms. The molecular formula is C24H31N3O. The van der Waals surface area contributed by atoms with E-state index in [0.29, 0.717) is 11.9 Å². The largest absolute Gasteiger partial charge is 0.313 e. The van der Waals surface area contributed by atoms with Gasteiger partial charge in [-0.05, 0) is 42.5 Å². The van der Waals surface area contributed by atoms with Crippen molar-refractivity contribution in [1.82, 2.24) is 14.9 Å². The Morgan fingerprint density at radius 1 is 0.964 bits per heavy atom. The molecule has 1 heterocycles. The van der Waals surface area contributed by atoms with Gasteiger partial charge in [-0.3, -0.25) is 9.36 Å². The molecule has 2 aromatic carbocycles. The summed E-state index contributed by atoms with van der Waals surface area (Å²) >= 11 is 0. The Morgan fingerprint density at radius 3 is 2.43 bits per heavy atom. The third kappa shape index (κ3) is 5.52. The van der Waals surface area contributed by atoms with Gasteiger partial charge in [0.1, 0.15) is 5.82 Å². The van der Waals surface area contributed by atoms with Crippen LogP contribution in [-0.2, 0) is 19.5 Å². The molecule has 0 amide bonds. The molecule has 0 aliphatic heterocycles. The van der Waals surface area contributed by atoms with Gasteiger partial charge in [-0.15, -0.1) is 0 Å². The fraction of sp³-hybridized carbons (Fsp3) is 0.417. The van der Waals surface area contributed by atoms with Gasteiger partial charge in [0.05, 0.1) is 10.9 Å². The Balaban J connectivity index is 1.64. The lowest BCUT2D eigenvalue weighted by Gasteiger charge is -2.22. The molecule has 1 aromatic heterocycles. The van der Waals surface area contributed by atoms with Crippen LogP contribution in [0.2, 0.25) is 0 Å². The average molecular weight is 378 g/mol. The van der Waals surface area contributed by atoms with Gasteiger partial charge in [-0.25, -0.2) is 4.98 Å². The van der Waals surface area contributed by atoms with Gasteiger partial charge in [-0.2, -0.15) is 0 Å². The number of hydrogen-bond donors (Lipinski definition) is 1. The van der Waals surface area contributed by atoms with Gasteiger partial charge in [0.2, 0.25) is 0 Å². The number of nitrogens with one attached hydrogen (secondary N) is 1. The molecule has 148 valence electrons. The summed E-state index contributed by atoms with van der Waals surface area (Å²) in [5.74, 6) is 0.904. The van der Waals surface area contributed by atoms with Crippen molar-refractivity contribution in [3.05, 3.63) is 76.3 Å². The van der Waals surface area contributed by atoms with E-state index in [9.17, 15) is 4.79 Å². The molecule has 3 aromatic rings. The van der Waals surface area contributed by atoms with Crippen molar-refractivity contribution in [3.8, 4) is 0 Å². The molecule has 0 spiro atoms. The lowest BCUT2D eigenvalue weighted by molar-refractivity contribution is 0.330. The number of unbranched alkanes of at least 4 members (excludes halogenated alkanes) is 1. The predicted molar refractivity (Wildman–Crippen MR) is 117 cm³/mol. The van der Waals surface area contributed by atoms with Crippen molar-refractivity contribution in [1.29, 1.82) is 0 Å². The minimum atomic E-state index is 0.0277. The van der Waals surface area contributed by atoms with Crippen LogP contribution < -0.4 is 10.9 Å². The molecular weight excluding hydrogens is 346 g/mol. The smallest absolute Gasteiger partial charge is 0.261 e. The topological polar surface area (TPSA) is 46.9 Å². The van der Waals surface area contributed by atoms with Gasteiger partial charge in [-0.1, -0.05) is 63.2 Å². The first-order chi connectivity index (χ1) is 13.4. The molecule has 0 fully saturated rings. The highest BCUT2D eigenvalue weighted by Crippen LogP contribution is 2.18. The molecule has 1 N–H and O–H groups in total. The van der Waals surface area contributed by atoms with E-state index in [1.54, 1.807) is 0 Å². The van der Waals surface area contributed by atoms with Gasteiger partial charge >= 0.3 is 0 Å². The Labute approximate surface area is 167 Å². The maximum Gasteiger partial charge on any atom is 0.261 e. The number of nitrogens with zero attached hydrogens (tertiary/aromatic N) is 2. The minimum absolute atomic E-state index is 0.0277. The van der Waals surface area contributed by atoms with E-state index >= 15 is 0 Å². The van der Waals surface area contributed by atoms with E-state index in [0.717, 1.165) is 43.7 Å². The summed E-state index contributed by atoms with van der Waals surface area (Å²) in [6.45, 7) is 9.02. The summed E-state index contributed by atoms with van der Waals surface area (Å²) in [5, 5.41) is 4.20. The van der Waals surface area contributed by atoms with Crippen LogP contribution in [-0.4, -0.2) is 16.1 Å². The van der Waals surface area contributed by atoms with Gasteiger partial charge in [0.25, 0.3) is 5.56 Å². The molecule has 4 heteroatoms. The lowest BCUT2D eigenvalue weighted by Crippen LogP contribution is -2.30. The molecule has 0 saturated carbocycles. The van der Waals surface area contributed by atoms with Gasteiger partial charge in [0, 0.05) is 19.5 Å². The standard InChI is InChI=1S/C24H31N3O/c1-24(2,3)18-27-22(26-21-14-8-7-13-20(21)23(27)28)15-9-10-16-25-17-19-11-5-4-6-12-19/h4-8,11-14,25H,9-10,15-18H2,1-3H3. The van der Waals surface area contributed by atoms with Crippen molar-refractivity contribution in [3.63, 3.8) is 0 Å². The Bertz CT molecular complexity index is 955. The SMILES string of the molecule is CC(C)(C)Cn1c(CCCCNCc2ccccc2)nc2ccccc2c1=O. The van der Waals surface area contributed by atoms with E-state index in [4.69, 9.17) is 4.98 Å². The third-order valence-electron chi connectivity index (χ3n) is 4.75. The fourth-order valence-corrected chi connectivity index (χ4v) is 3.40. The lowest BCUT2D eigenvalue weighted by atomic mass is 9.96. The molecule has 0 aliphatic rings. The first-order valence-corrected chi connectivity index (χ1v) is 10.2. The summed E-state index contributed by atoms with van der Waals surface area (Å²) in [5.41, 5.74) is 2.21. The number of aryl methyl sites for hydroxylation is 1. The van der Waals surface area contributed by atoms with Crippen LogP contribution in [0, 0.1) is 5.41 Å². The zero-order valence-electron chi connectivity index (χ0n) is 17.2. The number of aromatic nitrogens is 2. The number of hydrogen-bond acceptors (Lipinski definition) is 3. The highest BCUT2D eigenvalue weighted by Gasteiger charge is 2.17. The Morgan fingerprint density at radius 2 is 1.68 bits per heavy atom. The summed E-state index contributed by atoms with van der Waals surface area (Å²) in [4.78, 5) is 17.9. The normalized spacial score (nSPS) is 11.8. The predicted octanol–water partition coefficient (Wildman–Crippen LogP) is 4.56. The number of rotatable bonds is 8. The van der Waals surface area contributed by atoms with Crippen molar-refractivity contribution in [2.24, 2.45) is 5.41 Å². The molecule has 3 rings (SSSR count). The van der Waals surface area contributed by atoms with Crippen LogP contribution in [0.1, 0.15) is 45.0 Å². The zero-order valence-corrected chi connectivity index (χ0v) is 17.2. The molecule has 0 aliphatic carbocycles. The number of fused-ring (bicyclic) bond motifs is 1. The van der Waals surface area contributed by atoms with E-state index in [1.807, 2.05) is 34.9 Å². The number of benzene rings is 2. The molecule has 0 radical (unpaired) electrons. The maximum absolute atomic E-state index is 13.0. The van der Waals surface area contributed by atoms with Gasteiger partial charge in [0.15, 0.2) is 0 Å². The molecule has 4 nitrogen and oxygen atoms in total. The van der Waals surface area contributed by atoms with E-state index < -0.39 is 0 Å². The first kappa shape index (κ1) is 20.3. The van der Waals surface area contributed by atoms with Crippen molar-refractivity contribution < 1.29 is 0 Å². The molecule has 0 atom stereocenters. The monoisotopic (exact) mass is 377 g/mol. The van der Waals surface area contributed by atoms with Crippen LogP contribution in [0.5, 0.6) is 0 Å². The first-order valence-electron chi connectivity index (χ1n) is 10.2. The number of para-hydroxylation sites is 1. The molecule has 28 heavy (non-hydrogen) atoms. The highest BCUT2D eigenvalue weighted by atomic mass is 16.1. The average Bonchev–Trinajstić information content (AvgIpc) is 2.67. The Hall–Kier alpha value is -2.46. The van der Waals surface area contributed by atoms with Crippen LogP contribution >= 0.6 is 0 Å². The second-order valence-electron chi connectivity index (χ2n) is 8.62. The van der Waals surface area contributed by atoms with Crippen LogP contribution in [0.15, 0.2) is 59.4 Å². The second-order valence-corrected chi connectivity index (χ2v) is 8.62. The van der Waals surface area contributed by atoms with Crippen LogP contribution in [0.3, 0.4) is 0 Å². The molecule has 0 unspecified atom stereocenters. The van der Waals surface area contributed by atoms with Crippen LogP contribution in [0.4, 0.5) is 0 Å². The van der Waals surface area contributed by atoms with Crippen molar-refractivity contribution >= 4 is 10.9 Å². The second kappa shape index (κ2) is 9.16. The highest BCUT2D eigenvalue weighted by molar-refractivity contribution is 5.77. The zero-order chi connectivity index (χ0) is 20.0. The Kier molecular flexibility index (Phi) is 6.63. The fourth-order valence-electron chi connectivity index (χ4n) is 3.40. The quantitative estimate of drug-likeness (QED) is 0.586. The third-order valence-corrected chi connectivity index (χ3v) is 4.75. The van der Waals surface area contributed by atoms with Gasteiger partial charge < -0.3 is 5.32 Å². The van der Waals surface area contributed by atoms with E-state index in [1.165, 1.54) is 5.56 Å². The summed E-state index contributed by atoms with van der Waals surface area (Å²) in [6.07, 6.45) is 2.89.